The number of esters is 1. The number of rotatable bonds is 4. The molecule has 1 saturated heterocycles. The first kappa shape index (κ1) is 14.2. The number of thioether (sulfide) groups is 1. The van der Waals surface area contributed by atoms with E-state index in [1.807, 2.05) is 11.8 Å². The van der Waals surface area contributed by atoms with Crippen LogP contribution in [0, 0.1) is 0 Å². The lowest BCUT2D eigenvalue weighted by Crippen LogP contribution is -2.22. The average molecular weight is 282 g/mol. The van der Waals surface area contributed by atoms with Crippen LogP contribution in [0.2, 0.25) is 0 Å². The van der Waals surface area contributed by atoms with Crippen LogP contribution < -0.4 is 4.74 Å². The molecule has 19 heavy (non-hydrogen) atoms. The van der Waals surface area contributed by atoms with E-state index >= 15 is 0 Å². The number of aliphatic hydroxyl groups excluding tert-OH is 1. The first-order chi connectivity index (χ1) is 9.20. The minimum atomic E-state index is -1.23. The largest absolute Gasteiger partial charge is 0.490 e. The standard InChI is InChI=1S/C14H18O4S/c1-17-14(16)13(15)10-2-4-11(5-3-10)18-12-6-8-19-9-7-12/h2-5,12-13,15H,6-9H2,1H3. The van der Waals surface area contributed by atoms with Crippen LogP contribution in [0.15, 0.2) is 24.3 Å². The highest BCUT2D eigenvalue weighted by Gasteiger charge is 2.18. The van der Waals surface area contributed by atoms with Gasteiger partial charge in [-0.25, -0.2) is 4.79 Å². The number of hydrogen-bond donors (Lipinski definition) is 1. The van der Waals surface area contributed by atoms with Gasteiger partial charge in [-0.1, -0.05) is 12.1 Å². The van der Waals surface area contributed by atoms with Crippen LogP contribution >= 0.6 is 11.8 Å². The zero-order valence-corrected chi connectivity index (χ0v) is 11.7. The molecule has 1 heterocycles. The quantitative estimate of drug-likeness (QED) is 0.858. The van der Waals surface area contributed by atoms with E-state index in [1.54, 1.807) is 24.3 Å². The van der Waals surface area contributed by atoms with E-state index in [9.17, 15) is 9.90 Å². The lowest BCUT2D eigenvalue weighted by Gasteiger charge is -2.22. The van der Waals surface area contributed by atoms with Crippen molar-refractivity contribution in [3.63, 3.8) is 0 Å². The van der Waals surface area contributed by atoms with Crippen LogP contribution in [0.4, 0.5) is 0 Å². The van der Waals surface area contributed by atoms with Crippen LogP contribution in [-0.2, 0) is 9.53 Å². The molecule has 1 N–H and O–H groups in total. The Balaban J connectivity index is 1.95. The highest BCUT2D eigenvalue weighted by atomic mass is 32.2. The summed E-state index contributed by atoms with van der Waals surface area (Å²) in [5.74, 6) is 2.41. The van der Waals surface area contributed by atoms with Crippen molar-refractivity contribution in [1.82, 2.24) is 0 Å². The maximum absolute atomic E-state index is 11.2. The van der Waals surface area contributed by atoms with Crippen LogP contribution in [0.5, 0.6) is 5.75 Å². The molecule has 0 bridgehead atoms. The van der Waals surface area contributed by atoms with Gasteiger partial charge in [-0.2, -0.15) is 11.8 Å². The molecular formula is C14H18O4S. The number of carbonyl (C=O) groups excluding carboxylic acids is 1. The third-order valence-electron chi connectivity index (χ3n) is 3.09. The van der Waals surface area contributed by atoms with Crippen molar-refractivity contribution in [2.75, 3.05) is 18.6 Å². The average Bonchev–Trinajstić information content (AvgIpc) is 2.47. The smallest absolute Gasteiger partial charge is 0.339 e. The molecule has 1 aromatic rings. The van der Waals surface area contributed by atoms with E-state index in [2.05, 4.69) is 4.74 Å². The lowest BCUT2D eigenvalue weighted by atomic mass is 10.1. The molecule has 104 valence electrons. The fourth-order valence-corrected chi connectivity index (χ4v) is 3.03. The number of methoxy groups -OCH3 is 1. The molecule has 0 spiro atoms. The predicted molar refractivity (Wildman–Crippen MR) is 74.4 cm³/mol. The summed E-state index contributed by atoms with van der Waals surface area (Å²) in [6.45, 7) is 0. The molecule has 4 nitrogen and oxygen atoms in total. The van der Waals surface area contributed by atoms with Gasteiger partial charge in [0.05, 0.1) is 7.11 Å². The van der Waals surface area contributed by atoms with Crippen LogP contribution in [0.25, 0.3) is 0 Å². The summed E-state index contributed by atoms with van der Waals surface area (Å²) < 4.78 is 10.4. The summed E-state index contributed by atoms with van der Waals surface area (Å²) in [4.78, 5) is 11.2. The van der Waals surface area contributed by atoms with Crippen molar-refractivity contribution < 1.29 is 19.4 Å². The van der Waals surface area contributed by atoms with Crippen molar-refractivity contribution >= 4 is 17.7 Å². The lowest BCUT2D eigenvalue weighted by molar-refractivity contribution is -0.150. The van der Waals surface area contributed by atoms with Gasteiger partial charge in [0.15, 0.2) is 6.10 Å². The third kappa shape index (κ3) is 3.88. The summed E-state index contributed by atoms with van der Waals surface area (Å²) in [5.41, 5.74) is 0.512. The predicted octanol–water partition coefficient (Wildman–Crippen LogP) is 2.17. The van der Waals surface area contributed by atoms with Gasteiger partial charge in [0.1, 0.15) is 11.9 Å². The SMILES string of the molecule is COC(=O)C(O)c1ccc(OC2CCSCC2)cc1. The summed E-state index contributed by atoms with van der Waals surface area (Å²) in [5, 5.41) is 9.68. The number of aliphatic hydroxyl groups is 1. The molecule has 1 atom stereocenters. The van der Waals surface area contributed by atoms with Crippen molar-refractivity contribution in [3.05, 3.63) is 29.8 Å². The van der Waals surface area contributed by atoms with Crippen molar-refractivity contribution in [2.45, 2.75) is 25.0 Å². The van der Waals surface area contributed by atoms with E-state index in [0.717, 1.165) is 30.1 Å². The molecule has 1 fully saturated rings. The van der Waals surface area contributed by atoms with Gasteiger partial charge < -0.3 is 14.6 Å². The Morgan fingerprint density at radius 3 is 2.53 bits per heavy atom. The van der Waals surface area contributed by atoms with E-state index in [1.165, 1.54) is 7.11 Å². The van der Waals surface area contributed by atoms with Gasteiger partial charge >= 0.3 is 5.97 Å². The molecule has 0 aromatic heterocycles. The summed E-state index contributed by atoms with van der Waals surface area (Å²) in [6.07, 6.45) is 1.18. The van der Waals surface area contributed by atoms with Crippen LogP contribution in [0.3, 0.4) is 0 Å². The second-order valence-corrected chi connectivity index (χ2v) is 5.65. The van der Waals surface area contributed by atoms with E-state index in [-0.39, 0.29) is 6.10 Å². The molecule has 5 heteroatoms. The number of carbonyl (C=O) groups is 1. The molecule has 0 amide bonds. The maximum Gasteiger partial charge on any atom is 0.339 e. The molecule has 1 aliphatic heterocycles. The van der Waals surface area contributed by atoms with E-state index in [0.29, 0.717) is 5.56 Å². The summed E-state index contributed by atoms with van der Waals surface area (Å²) >= 11 is 1.96. The highest BCUT2D eigenvalue weighted by Crippen LogP contribution is 2.24. The fourth-order valence-electron chi connectivity index (χ4n) is 1.96. The number of hydrogen-bond acceptors (Lipinski definition) is 5. The second kappa shape index (κ2) is 6.82. The molecule has 1 aliphatic rings. The summed E-state index contributed by atoms with van der Waals surface area (Å²) in [6, 6.07) is 6.94. The second-order valence-electron chi connectivity index (χ2n) is 4.42. The molecular weight excluding hydrogens is 264 g/mol. The fraction of sp³-hybridized carbons (Fsp3) is 0.500. The van der Waals surface area contributed by atoms with Gasteiger partial charge in [-0.15, -0.1) is 0 Å². The van der Waals surface area contributed by atoms with Gasteiger partial charge in [-0.3, -0.25) is 0 Å². The van der Waals surface area contributed by atoms with Crippen LogP contribution in [-0.4, -0.2) is 35.8 Å². The van der Waals surface area contributed by atoms with Crippen molar-refractivity contribution in [2.24, 2.45) is 0 Å². The van der Waals surface area contributed by atoms with Gasteiger partial charge in [0.25, 0.3) is 0 Å². The van der Waals surface area contributed by atoms with Gasteiger partial charge in [0, 0.05) is 0 Å². The maximum atomic E-state index is 11.2. The highest BCUT2D eigenvalue weighted by molar-refractivity contribution is 7.99. The Kier molecular flexibility index (Phi) is 5.10. The summed E-state index contributed by atoms with van der Waals surface area (Å²) in [7, 11) is 1.25. The van der Waals surface area contributed by atoms with Crippen molar-refractivity contribution in [1.29, 1.82) is 0 Å². The minimum absolute atomic E-state index is 0.276. The third-order valence-corrected chi connectivity index (χ3v) is 4.14. The molecule has 0 radical (unpaired) electrons. The normalized spacial score (nSPS) is 17.8. The molecule has 1 unspecified atom stereocenters. The molecule has 0 aliphatic carbocycles. The zero-order valence-electron chi connectivity index (χ0n) is 10.9. The number of ether oxygens (including phenoxy) is 2. The first-order valence-corrected chi connectivity index (χ1v) is 7.46. The number of benzene rings is 1. The monoisotopic (exact) mass is 282 g/mol. The minimum Gasteiger partial charge on any atom is -0.490 e. The Hall–Kier alpha value is -1.20. The van der Waals surface area contributed by atoms with Crippen LogP contribution in [0.1, 0.15) is 24.5 Å². The van der Waals surface area contributed by atoms with E-state index in [4.69, 9.17) is 4.74 Å². The van der Waals surface area contributed by atoms with Gasteiger partial charge in [0.2, 0.25) is 0 Å². The van der Waals surface area contributed by atoms with E-state index < -0.39 is 12.1 Å². The topological polar surface area (TPSA) is 55.8 Å². The first-order valence-electron chi connectivity index (χ1n) is 6.31. The molecule has 2 rings (SSSR count). The Bertz CT molecular complexity index is 412. The Morgan fingerprint density at radius 1 is 1.32 bits per heavy atom. The molecule has 1 aromatic carbocycles. The Morgan fingerprint density at radius 2 is 1.95 bits per heavy atom. The molecule has 0 saturated carbocycles. The van der Waals surface area contributed by atoms with Gasteiger partial charge in [-0.05, 0) is 42.0 Å². The van der Waals surface area contributed by atoms with Crippen molar-refractivity contribution in [3.8, 4) is 5.75 Å². The zero-order chi connectivity index (χ0) is 13.7. The Labute approximate surface area is 117 Å².